The number of fused-ring (bicyclic) bond motifs is 1. The van der Waals surface area contributed by atoms with E-state index in [1.165, 1.54) is 5.56 Å². The number of methoxy groups -OCH3 is 1. The van der Waals surface area contributed by atoms with Gasteiger partial charge in [-0.2, -0.15) is 0 Å². The van der Waals surface area contributed by atoms with Crippen LogP contribution in [0.1, 0.15) is 17.9 Å². The minimum atomic E-state index is 0.408. The molecule has 0 unspecified atom stereocenters. The second-order valence-corrected chi connectivity index (χ2v) is 5.02. The third-order valence-electron chi connectivity index (χ3n) is 3.88. The number of hydrogen-bond acceptors (Lipinski definition) is 3. The molecule has 1 aliphatic heterocycles. The van der Waals surface area contributed by atoms with E-state index >= 15 is 0 Å². The lowest BCUT2D eigenvalue weighted by Gasteiger charge is -2.25. The Morgan fingerprint density at radius 3 is 2.90 bits per heavy atom. The standard InChI is InChI=1S/C17H19NO2/c1-19-16-5-3-2-4-14(16)12-6-7-15-13(11-18)8-9-20-17(15)10-12/h2-7,10,13H,8-9,11,18H2,1H3/t13-/m0/s1. The minimum Gasteiger partial charge on any atom is -0.496 e. The molecule has 1 aliphatic rings. The SMILES string of the molecule is COc1ccccc1-c1ccc2c(c1)OCC[C@H]2CN. The Morgan fingerprint density at radius 2 is 2.10 bits per heavy atom. The molecule has 0 aliphatic carbocycles. The highest BCUT2D eigenvalue weighted by Crippen LogP contribution is 2.38. The summed E-state index contributed by atoms with van der Waals surface area (Å²) in [5.41, 5.74) is 9.25. The Balaban J connectivity index is 2.04. The van der Waals surface area contributed by atoms with Crippen molar-refractivity contribution in [1.82, 2.24) is 0 Å². The Hall–Kier alpha value is -2.00. The zero-order chi connectivity index (χ0) is 13.9. The summed E-state index contributed by atoms with van der Waals surface area (Å²) in [7, 11) is 1.69. The average Bonchev–Trinajstić information content (AvgIpc) is 2.53. The summed E-state index contributed by atoms with van der Waals surface area (Å²) >= 11 is 0. The molecule has 1 atom stereocenters. The molecule has 2 aromatic rings. The molecule has 3 nitrogen and oxygen atoms in total. The molecule has 0 amide bonds. The van der Waals surface area contributed by atoms with Crippen molar-refractivity contribution < 1.29 is 9.47 Å². The highest BCUT2D eigenvalue weighted by atomic mass is 16.5. The van der Waals surface area contributed by atoms with Crippen LogP contribution in [-0.4, -0.2) is 20.3 Å². The summed E-state index contributed by atoms with van der Waals surface area (Å²) in [5, 5.41) is 0. The van der Waals surface area contributed by atoms with Crippen LogP contribution in [0.2, 0.25) is 0 Å². The summed E-state index contributed by atoms with van der Waals surface area (Å²) in [5.74, 6) is 2.24. The van der Waals surface area contributed by atoms with Crippen molar-refractivity contribution in [2.45, 2.75) is 12.3 Å². The molecule has 0 aromatic heterocycles. The van der Waals surface area contributed by atoms with Gasteiger partial charge in [-0.1, -0.05) is 30.3 Å². The van der Waals surface area contributed by atoms with Gasteiger partial charge in [-0.15, -0.1) is 0 Å². The molecule has 2 N–H and O–H groups in total. The van der Waals surface area contributed by atoms with E-state index in [1.54, 1.807) is 7.11 Å². The first-order chi connectivity index (χ1) is 9.83. The van der Waals surface area contributed by atoms with Gasteiger partial charge in [0, 0.05) is 11.5 Å². The molecule has 0 spiro atoms. The van der Waals surface area contributed by atoms with Crippen LogP contribution >= 0.6 is 0 Å². The molecule has 20 heavy (non-hydrogen) atoms. The fraction of sp³-hybridized carbons (Fsp3) is 0.294. The van der Waals surface area contributed by atoms with Crippen LogP contribution in [0.4, 0.5) is 0 Å². The van der Waals surface area contributed by atoms with Crippen molar-refractivity contribution in [3.63, 3.8) is 0 Å². The van der Waals surface area contributed by atoms with Gasteiger partial charge in [-0.25, -0.2) is 0 Å². The summed E-state index contributed by atoms with van der Waals surface area (Å²) in [6.45, 7) is 1.41. The average molecular weight is 269 g/mol. The molecule has 2 aromatic carbocycles. The van der Waals surface area contributed by atoms with Crippen LogP contribution in [0.25, 0.3) is 11.1 Å². The quantitative estimate of drug-likeness (QED) is 0.930. The lowest BCUT2D eigenvalue weighted by molar-refractivity contribution is 0.269. The first-order valence-corrected chi connectivity index (χ1v) is 6.93. The summed E-state index contributed by atoms with van der Waals surface area (Å²) in [4.78, 5) is 0. The van der Waals surface area contributed by atoms with Crippen molar-refractivity contribution in [2.24, 2.45) is 5.73 Å². The van der Waals surface area contributed by atoms with Gasteiger partial charge in [-0.05, 0) is 36.2 Å². The van der Waals surface area contributed by atoms with E-state index in [0.29, 0.717) is 12.5 Å². The highest BCUT2D eigenvalue weighted by Gasteiger charge is 2.21. The smallest absolute Gasteiger partial charge is 0.126 e. The third kappa shape index (κ3) is 2.25. The van der Waals surface area contributed by atoms with Crippen molar-refractivity contribution in [3.05, 3.63) is 48.0 Å². The Kier molecular flexibility index (Phi) is 3.61. The lowest BCUT2D eigenvalue weighted by atomic mass is 9.91. The molecule has 0 saturated heterocycles. The molecule has 0 bridgehead atoms. The monoisotopic (exact) mass is 269 g/mol. The predicted molar refractivity (Wildman–Crippen MR) is 80.3 cm³/mol. The fourth-order valence-electron chi connectivity index (χ4n) is 2.76. The highest BCUT2D eigenvalue weighted by molar-refractivity contribution is 5.72. The molecular weight excluding hydrogens is 250 g/mol. The molecule has 3 heteroatoms. The number of ether oxygens (including phenoxy) is 2. The van der Waals surface area contributed by atoms with Crippen molar-refractivity contribution in [3.8, 4) is 22.6 Å². The van der Waals surface area contributed by atoms with Crippen LogP contribution in [-0.2, 0) is 0 Å². The van der Waals surface area contributed by atoms with Crippen LogP contribution in [0.5, 0.6) is 11.5 Å². The first-order valence-electron chi connectivity index (χ1n) is 6.93. The van der Waals surface area contributed by atoms with Gasteiger partial charge >= 0.3 is 0 Å². The first kappa shape index (κ1) is 13.0. The van der Waals surface area contributed by atoms with Gasteiger partial charge in [0.1, 0.15) is 11.5 Å². The molecule has 0 saturated carbocycles. The normalized spacial score (nSPS) is 17.2. The molecule has 104 valence electrons. The topological polar surface area (TPSA) is 44.5 Å². The molecular formula is C17H19NO2. The van der Waals surface area contributed by atoms with Gasteiger partial charge < -0.3 is 15.2 Å². The van der Waals surface area contributed by atoms with Crippen LogP contribution < -0.4 is 15.2 Å². The molecule has 3 rings (SSSR count). The number of rotatable bonds is 3. The van der Waals surface area contributed by atoms with Crippen LogP contribution in [0.15, 0.2) is 42.5 Å². The van der Waals surface area contributed by atoms with E-state index in [4.69, 9.17) is 15.2 Å². The molecule has 0 fully saturated rings. The van der Waals surface area contributed by atoms with Gasteiger partial charge in [-0.3, -0.25) is 0 Å². The van der Waals surface area contributed by atoms with E-state index in [1.807, 2.05) is 18.2 Å². The van der Waals surface area contributed by atoms with E-state index in [2.05, 4.69) is 24.3 Å². The fourth-order valence-corrected chi connectivity index (χ4v) is 2.76. The predicted octanol–water partition coefficient (Wildman–Crippen LogP) is 3.19. The Morgan fingerprint density at radius 1 is 1.25 bits per heavy atom. The zero-order valence-corrected chi connectivity index (χ0v) is 11.6. The second-order valence-electron chi connectivity index (χ2n) is 5.02. The van der Waals surface area contributed by atoms with Gasteiger partial charge in [0.2, 0.25) is 0 Å². The van der Waals surface area contributed by atoms with E-state index in [0.717, 1.165) is 35.7 Å². The maximum atomic E-state index is 5.84. The summed E-state index contributed by atoms with van der Waals surface area (Å²) < 4.78 is 11.2. The number of benzene rings is 2. The minimum absolute atomic E-state index is 0.408. The van der Waals surface area contributed by atoms with E-state index < -0.39 is 0 Å². The van der Waals surface area contributed by atoms with Gasteiger partial charge in [0.25, 0.3) is 0 Å². The third-order valence-corrected chi connectivity index (χ3v) is 3.88. The molecule has 0 radical (unpaired) electrons. The number of nitrogens with two attached hydrogens (primary N) is 1. The van der Waals surface area contributed by atoms with Gasteiger partial charge in [0.15, 0.2) is 0 Å². The zero-order valence-electron chi connectivity index (χ0n) is 11.6. The lowest BCUT2D eigenvalue weighted by Crippen LogP contribution is -2.20. The maximum Gasteiger partial charge on any atom is 0.126 e. The van der Waals surface area contributed by atoms with E-state index in [-0.39, 0.29) is 0 Å². The number of para-hydroxylation sites is 1. The maximum absolute atomic E-state index is 5.84. The Labute approximate surface area is 119 Å². The molecule has 1 heterocycles. The van der Waals surface area contributed by atoms with Crippen molar-refractivity contribution >= 4 is 0 Å². The van der Waals surface area contributed by atoms with Crippen molar-refractivity contribution in [2.75, 3.05) is 20.3 Å². The largest absolute Gasteiger partial charge is 0.496 e. The second kappa shape index (κ2) is 5.55. The van der Waals surface area contributed by atoms with E-state index in [9.17, 15) is 0 Å². The van der Waals surface area contributed by atoms with Crippen molar-refractivity contribution in [1.29, 1.82) is 0 Å². The van der Waals surface area contributed by atoms with Gasteiger partial charge in [0.05, 0.1) is 13.7 Å². The summed E-state index contributed by atoms with van der Waals surface area (Å²) in [6.07, 6.45) is 0.998. The summed E-state index contributed by atoms with van der Waals surface area (Å²) in [6, 6.07) is 14.4. The van der Waals surface area contributed by atoms with Crippen LogP contribution in [0.3, 0.4) is 0 Å². The van der Waals surface area contributed by atoms with Crippen LogP contribution in [0, 0.1) is 0 Å². The number of hydrogen-bond donors (Lipinski definition) is 1. The Bertz CT molecular complexity index is 610.